The number of nitrogens with one attached hydrogen (secondary N) is 1. The Balaban J connectivity index is 1.59. The first-order chi connectivity index (χ1) is 15.9. The van der Waals surface area contributed by atoms with E-state index in [9.17, 15) is 13.2 Å². The molecule has 4 rings (SSSR count). The summed E-state index contributed by atoms with van der Waals surface area (Å²) in [6.45, 7) is 0.0543. The summed E-state index contributed by atoms with van der Waals surface area (Å²) in [5.74, 6) is 1.09. The van der Waals surface area contributed by atoms with Gasteiger partial charge in [-0.15, -0.1) is 0 Å². The molecular formula is C24H24N2O6S. The maximum Gasteiger partial charge on any atom is 0.264 e. The SMILES string of the molecule is COc1ccc(S(=O)(=O)N2CC(C(=O)NCc3ccccc3OC)Oc3ccccc32)cc1. The van der Waals surface area contributed by atoms with Crippen molar-refractivity contribution in [3.8, 4) is 17.2 Å². The summed E-state index contributed by atoms with van der Waals surface area (Å²) in [6, 6.07) is 20.2. The van der Waals surface area contributed by atoms with Gasteiger partial charge in [0.05, 0.1) is 31.3 Å². The molecule has 8 nitrogen and oxygen atoms in total. The number of methoxy groups -OCH3 is 2. The van der Waals surface area contributed by atoms with Crippen LogP contribution in [0.15, 0.2) is 77.7 Å². The van der Waals surface area contributed by atoms with Gasteiger partial charge in [-0.2, -0.15) is 0 Å². The van der Waals surface area contributed by atoms with Crippen LogP contribution in [-0.4, -0.2) is 41.2 Å². The van der Waals surface area contributed by atoms with E-state index in [1.165, 1.54) is 23.5 Å². The molecule has 1 amide bonds. The quantitative estimate of drug-likeness (QED) is 0.573. The monoisotopic (exact) mass is 468 g/mol. The van der Waals surface area contributed by atoms with Crippen molar-refractivity contribution in [3.05, 3.63) is 78.4 Å². The van der Waals surface area contributed by atoms with Crippen LogP contribution in [-0.2, 0) is 21.4 Å². The van der Waals surface area contributed by atoms with E-state index in [2.05, 4.69) is 5.32 Å². The zero-order valence-corrected chi connectivity index (χ0v) is 19.0. The van der Waals surface area contributed by atoms with E-state index in [0.29, 0.717) is 22.9 Å². The third-order valence-corrected chi connectivity index (χ3v) is 7.11. The highest BCUT2D eigenvalue weighted by Crippen LogP contribution is 2.37. The van der Waals surface area contributed by atoms with E-state index in [-0.39, 0.29) is 18.0 Å². The average molecular weight is 469 g/mol. The highest BCUT2D eigenvalue weighted by Gasteiger charge is 2.37. The van der Waals surface area contributed by atoms with Crippen molar-refractivity contribution in [3.63, 3.8) is 0 Å². The molecule has 0 spiro atoms. The Labute approximate surface area is 192 Å². The first-order valence-electron chi connectivity index (χ1n) is 10.3. The van der Waals surface area contributed by atoms with Crippen LogP contribution in [0.5, 0.6) is 17.2 Å². The molecule has 1 heterocycles. The van der Waals surface area contributed by atoms with E-state index in [0.717, 1.165) is 5.56 Å². The van der Waals surface area contributed by atoms with E-state index in [1.54, 1.807) is 49.6 Å². The zero-order chi connectivity index (χ0) is 23.4. The summed E-state index contributed by atoms with van der Waals surface area (Å²) >= 11 is 0. The summed E-state index contributed by atoms with van der Waals surface area (Å²) in [6.07, 6.45) is -1.03. The Morgan fingerprint density at radius 3 is 2.42 bits per heavy atom. The van der Waals surface area contributed by atoms with Gasteiger partial charge in [0.2, 0.25) is 0 Å². The number of amides is 1. The Kier molecular flexibility index (Phi) is 6.41. The molecule has 9 heteroatoms. The minimum Gasteiger partial charge on any atom is -0.497 e. The molecular weight excluding hydrogens is 444 g/mol. The lowest BCUT2D eigenvalue weighted by Crippen LogP contribution is -2.50. The molecule has 0 bridgehead atoms. The average Bonchev–Trinajstić information content (AvgIpc) is 2.86. The number of carbonyl (C=O) groups excluding carboxylic acids is 1. The summed E-state index contributed by atoms with van der Waals surface area (Å²) in [5, 5.41) is 2.82. The number of carbonyl (C=O) groups is 1. The number of rotatable bonds is 7. The van der Waals surface area contributed by atoms with Gasteiger partial charge in [-0.3, -0.25) is 9.10 Å². The van der Waals surface area contributed by atoms with Crippen LogP contribution >= 0.6 is 0 Å². The highest BCUT2D eigenvalue weighted by atomic mass is 32.2. The minimum atomic E-state index is -3.95. The molecule has 0 fully saturated rings. The van der Waals surface area contributed by atoms with Crippen molar-refractivity contribution in [2.45, 2.75) is 17.5 Å². The van der Waals surface area contributed by atoms with E-state index >= 15 is 0 Å². The van der Waals surface area contributed by atoms with Crippen molar-refractivity contribution in [2.24, 2.45) is 0 Å². The summed E-state index contributed by atoms with van der Waals surface area (Å²) in [7, 11) is -0.878. The fourth-order valence-corrected chi connectivity index (χ4v) is 5.06. The molecule has 3 aromatic rings. The minimum absolute atomic E-state index is 0.0909. The third kappa shape index (κ3) is 4.58. The van der Waals surface area contributed by atoms with Crippen LogP contribution in [0.25, 0.3) is 0 Å². The lowest BCUT2D eigenvalue weighted by Gasteiger charge is -2.34. The Morgan fingerprint density at radius 1 is 1.00 bits per heavy atom. The topological polar surface area (TPSA) is 94.2 Å². The summed E-state index contributed by atoms with van der Waals surface area (Å²) in [5.41, 5.74) is 1.18. The van der Waals surface area contributed by atoms with Gasteiger partial charge in [0, 0.05) is 12.1 Å². The number of anilines is 1. The number of fused-ring (bicyclic) bond motifs is 1. The first-order valence-corrected chi connectivity index (χ1v) is 11.7. The molecule has 1 aliphatic rings. The molecule has 1 N–H and O–H groups in total. The second-order valence-electron chi connectivity index (χ2n) is 7.32. The lowest BCUT2D eigenvalue weighted by atomic mass is 10.2. The van der Waals surface area contributed by atoms with Gasteiger partial charge in [-0.05, 0) is 42.5 Å². The predicted molar refractivity (Wildman–Crippen MR) is 123 cm³/mol. The van der Waals surface area contributed by atoms with Gasteiger partial charge in [0.1, 0.15) is 17.2 Å². The molecule has 172 valence electrons. The second-order valence-corrected chi connectivity index (χ2v) is 9.18. The number of benzene rings is 3. The number of ether oxygens (including phenoxy) is 3. The van der Waals surface area contributed by atoms with Crippen LogP contribution in [0, 0.1) is 0 Å². The van der Waals surface area contributed by atoms with Crippen molar-refractivity contribution < 1.29 is 27.4 Å². The molecule has 1 unspecified atom stereocenters. The van der Waals surface area contributed by atoms with Gasteiger partial charge in [-0.25, -0.2) is 8.42 Å². The summed E-state index contributed by atoms with van der Waals surface area (Å²) < 4.78 is 44.4. The normalized spacial score (nSPS) is 15.2. The molecule has 0 aliphatic carbocycles. The zero-order valence-electron chi connectivity index (χ0n) is 18.2. The molecule has 0 aromatic heterocycles. The third-order valence-electron chi connectivity index (χ3n) is 5.32. The van der Waals surface area contributed by atoms with Crippen LogP contribution in [0.4, 0.5) is 5.69 Å². The number of hydrogen-bond acceptors (Lipinski definition) is 6. The van der Waals surface area contributed by atoms with Gasteiger partial charge < -0.3 is 19.5 Å². The van der Waals surface area contributed by atoms with Crippen LogP contribution in [0.3, 0.4) is 0 Å². The van der Waals surface area contributed by atoms with Crippen molar-refractivity contribution in [1.82, 2.24) is 5.32 Å². The van der Waals surface area contributed by atoms with Crippen molar-refractivity contribution in [2.75, 3.05) is 25.1 Å². The molecule has 0 saturated carbocycles. The van der Waals surface area contributed by atoms with Gasteiger partial charge in [0.25, 0.3) is 15.9 Å². The Bertz CT molecular complexity index is 1240. The Morgan fingerprint density at radius 2 is 1.70 bits per heavy atom. The standard InChI is InChI=1S/C24H24N2O6S/c1-30-18-11-13-19(14-12-18)33(28,29)26-16-23(32-22-10-6-4-8-20(22)26)24(27)25-15-17-7-3-5-9-21(17)31-2/h3-14,23H,15-16H2,1-2H3,(H,25,27). The Hall–Kier alpha value is -3.72. The van der Waals surface area contributed by atoms with E-state index in [1.807, 2.05) is 18.2 Å². The number of para-hydroxylation sites is 3. The second kappa shape index (κ2) is 9.41. The molecule has 1 aliphatic heterocycles. The maximum atomic E-state index is 13.5. The van der Waals surface area contributed by atoms with Crippen LogP contribution < -0.4 is 23.8 Å². The molecule has 3 aromatic carbocycles. The highest BCUT2D eigenvalue weighted by molar-refractivity contribution is 7.92. The fraction of sp³-hybridized carbons (Fsp3) is 0.208. The lowest BCUT2D eigenvalue weighted by molar-refractivity contribution is -0.127. The fourth-order valence-electron chi connectivity index (χ4n) is 3.59. The predicted octanol–water partition coefficient (Wildman–Crippen LogP) is 2.98. The van der Waals surface area contributed by atoms with Gasteiger partial charge >= 0.3 is 0 Å². The van der Waals surface area contributed by atoms with E-state index < -0.39 is 22.0 Å². The van der Waals surface area contributed by atoms with E-state index in [4.69, 9.17) is 14.2 Å². The van der Waals surface area contributed by atoms with Crippen molar-refractivity contribution in [1.29, 1.82) is 0 Å². The first kappa shape index (κ1) is 22.5. The molecule has 0 saturated heterocycles. The maximum absolute atomic E-state index is 13.5. The van der Waals surface area contributed by atoms with Crippen LogP contribution in [0.2, 0.25) is 0 Å². The number of sulfonamides is 1. The number of hydrogen-bond donors (Lipinski definition) is 1. The molecule has 33 heavy (non-hydrogen) atoms. The summed E-state index contributed by atoms with van der Waals surface area (Å²) in [4.78, 5) is 13.0. The van der Waals surface area contributed by atoms with Gasteiger partial charge in [-0.1, -0.05) is 30.3 Å². The molecule has 0 radical (unpaired) electrons. The largest absolute Gasteiger partial charge is 0.497 e. The number of nitrogens with zero attached hydrogens (tertiary/aromatic N) is 1. The smallest absolute Gasteiger partial charge is 0.264 e. The molecule has 1 atom stereocenters. The van der Waals surface area contributed by atoms with Crippen molar-refractivity contribution >= 4 is 21.6 Å². The van der Waals surface area contributed by atoms with Gasteiger partial charge in [0.15, 0.2) is 6.10 Å². The van der Waals surface area contributed by atoms with Crippen LogP contribution in [0.1, 0.15) is 5.56 Å².